The number of carbonyl (C=O) groups excluding carboxylic acids is 2. The average molecular weight is 348 g/mol. The van der Waals surface area contributed by atoms with E-state index in [1.165, 1.54) is 0 Å². The molecule has 0 aliphatic rings. The van der Waals surface area contributed by atoms with Crippen LogP contribution in [-0.2, 0) is 9.59 Å². The second-order valence-corrected chi connectivity index (χ2v) is 5.80. The Balaban J connectivity index is 1.62. The monoisotopic (exact) mass is 348 g/mol. The van der Waals surface area contributed by atoms with E-state index in [1.807, 2.05) is 42.5 Å². The highest BCUT2D eigenvalue weighted by atomic mass is 16.5. The smallest absolute Gasteiger partial charge is 0.262 e. The Morgan fingerprint density at radius 1 is 0.846 bits per heavy atom. The molecule has 132 valence electrons. The third-order valence-electron chi connectivity index (χ3n) is 3.86. The summed E-state index contributed by atoms with van der Waals surface area (Å²) < 4.78 is 5.68. The molecule has 26 heavy (non-hydrogen) atoms. The Kier molecular flexibility index (Phi) is 5.49. The molecule has 0 fully saturated rings. The summed E-state index contributed by atoms with van der Waals surface area (Å²) in [6.07, 6.45) is 0.398. The third kappa shape index (κ3) is 4.39. The first-order valence-electron chi connectivity index (χ1n) is 8.46. The minimum Gasteiger partial charge on any atom is -0.483 e. The summed E-state index contributed by atoms with van der Waals surface area (Å²) in [6, 6.07) is 20.6. The van der Waals surface area contributed by atoms with Gasteiger partial charge in [-0.05, 0) is 29.7 Å². The number of carbonyl (C=O) groups is 2. The molecule has 0 aliphatic heterocycles. The van der Waals surface area contributed by atoms with Crippen LogP contribution in [0.4, 0.5) is 11.4 Å². The van der Waals surface area contributed by atoms with E-state index in [0.29, 0.717) is 23.5 Å². The van der Waals surface area contributed by atoms with Crippen LogP contribution in [0.2, 0.25) is 0 Å². The Hall–Kier alpha value is -3.34. The highest BCUT2D eigenvalue weighted by Gasteiger charge is 2.07. The zero-order chi connectivity index (χ0) is 18.4. The number of hydrogen-bond donors (Lipinski definition) is 2. The lowest BCUT2D eigenvalue weighted by Crippen LogP contribution is -2.20. The van der Waals surface area contributed by atoms with Crippen molar-refractivity contribution in [2.75, 3.05) is 17.2 Å². The minimum atomic E-state index is -0.267. The van der Waals surface area contributed by atoms with Gasteiger partial charge < -0.3 is 15.4 Å². The molecular weight excluding hydrogens is 328 g/mol. The predicted molar refractivity (Wildman–Crippen MR) is 103 cm³/mol. The zero-order valence-electron chi connectivity index (χ0n) is 14.5. The van der Waals surface area contributed by atoms with Crippen LogP contribution in [0.1, 0.15) is 13.3 Å². The second kappa shape index (κ2) is 8.16. The van der Waals surface area contributed by atoms with Gasteiger partial charge in [0.05, 0.1) is 0 Å². The summed E-state index contributed by atoms with van der Waals surface area (Å²) in [5, 5.41) is 7.56. The summed E-state index contributed by atoms with van der Waals surface area (Å²) in [5.41, 5.74) is 1.25. The maximum absolute atomic E-state index is 12.2. The van der Waals surface area contributed by atoms with Gasteiger partial charge in [0.1, 0.15) is 5.75 Å². The number of hydrogen-bond acceptors (Lipinski definition) is 3. The normalized spacial score (nSPS) is 10.3. The van der Waals surface area contributed by atoms with Gasteiger partial charge in [-0.1, -0.05) is 49.4 Å². The molecule has 0 spiro atoms. The molecule has 0 radical (unpaired) electrons. The van der Waals surface area contributed by atoms with Crippen LogP contribution in [0.15, 0.2) is 66.7 Å². The first-order valence-corrected chi connectivity index (χ1v) is 8.46. The van der Waals surface area contributed by atoms with Gasteiger partial charge in [-0.25, -0.2) is 0 Å². The van der Waals surface area contributed by atoms with Gasteiger partial charge in [-0.3, -0.25) is 9.59 Å². The van der Waals surface area contributed by atoms with Crippen molar-refractivity contribution in [1.82, 2.24) is 0 Å². The number of benzene rings is 3. The Labute approximate surface area is 152 Å². The maximum Gasteiger partial charge on any atom is 0.262 e. The van der Waals surface area contributed by atoms with Gasteiger partial charge in [0.2, 0.25) is 5.91 Å². The average Bonchev–Trinajstić information content (AvgIpc) is 2.66. The molecular formula is C21H20N2O3. The van der Waals surface area contributed by atoms with E-state index in [0.717, 1.165) is 10.8 Å². The van der Waals surface area contributed by atoms with Crippen LogP contribution in [0.3, 0.4) is 0 Å². The van der Waals surface area contributed by atoms with Crippen molar-refractivity contribution < 1.29 is 14.3 Å². The lowest BCUT2D eigenvalue weighted by molar-refractivity contribution is -0.118. The second-order valence-electron chi connectivity index (χ2n) is 5.80. The SMILES string of the molecule is CCC(=O)Nc1cccc(NC(=O)COc2cccc3ccccc23)c1. The highest BCUT2D eigenvalue weighted by molar-refractivity contribution is 5.95. The first-order chi connectivity index (χ1) is 12.7. The molecule has 0 aromatic heterocycles. The number of nitrogens with one attached hydrogen (secondary N) is 2. The molecule has 0 heterocycles. The van der Waals surface area contributed by atoms with Crippen LogP contribution in [-0.4, -0.2) is 18.4 Å². The van der Waals surface area contributed by atoms with Crippen LogP contribution < -0.4 is 15.4 Å². The summed E-state index contributed by atoms with van der Waals surface area (Å²) >= 11 is 0. The lowest BCUT2D eigenvalue weighted by Gasteiger charge is -2.11. The molecule has 0 aliphatic carbocycles. The number of rotatable bonds is 6. The van der Waals surface area contributed by atoms with E-state index in [-0.39, 0.29) is 18.4 Å². The van der Waals surface area contributed by atoms with Gasteiger partial charge in [0.15, 0.2) is 6.61 Å². The molecule has 0 unspecified atom stereocenters. The largest absolute Gasteiger partial charge is 0.483 e. The summed E-state index contributed by atoms with van der Waals surface area (Å²) in [6.45, 7) is 1.69. The molecule has 5 nitrogen and oxygen atoms in total. The zero-order valence-corrected chi connectivity index (χ0v) is 14.5. The van der Waals surface area contributed by atoms with Crippen molar-refractivity contribution in [3.63, 3.8) is 0 Å². The van der Waals surface area contributed by atoms with Crippen LogP contribution in [0.25, 0.3) is 10.8 Å². The highest BCUT2D eigenvalue weighted by Crippen LogP contribution is 2.25. The van der Waals surface area contributed by atoms with Crippen molar-refractivity contribution in [3.05, 3.63) is 66.7 Å². The molecule has 0 bridgehead atoms. The molecule has 2 N–H and O–H groups in total. The topological polar surface area (TPSA) is 67.4 Å². The summed E-state index contributed by atoms with van der Waals surface area (Å²) in [5.74, 6) is 0.326. The van der Waals surface area contributed by atoms with Gasteiger partial charge in [-0.15, -0.1) is 0 Å². The number of fused-ring (bicyclic) bond motifs is 1. The van der Waals surface area contributed by atoms with Gasteiger partial charge in [0.25, 0.3) is 5.91 Å². The van der Waals surface area contributed by atoms with E-state index in [1.54, 1.807) is 31.2 Å². The molecule has 0 atom stereocenters. The first kappa shape index (κ1) is 17.5. The van der Waals surface area contributed by atoms with E-state index >= 15 is 0 Å². The van der Waals surface area contributed by atoms with Crippen LogP contribution >= 0.6 is 0 Å². The Bertz CT molecular complexity index is 932. The van der Waals surface area contributed by atoms with E-state index < -0.39 is 0 Å². The molecule has 0 saturated carbocycles. The predicted octanol–water partition coefficient (Wildman–Crippen LogP) is 4.21. The fraction of sp³-hybridized carbons (Fsp3) is 0.143. The molecule has 2 amide bonds. The van der Waals surface area contributed by atoms with E-state index in [2.05, 4.69) is 10.6 Å². The van der Waals surface area contributed by atoms with Crippen molar-refractivity contribution in [1.29, 1.82) is 0 Å². The number of anilines is 2. The lowest BCUT2D eigenvalue weighted by atomic mass is 10.1. The third-order valence-corrected chi connectivity index (χ3v) is 3.86. The van der Waals surface area contributed by atoms with E-state index in [4.69, 9.17) is 4.74 Å². The molecule has 5 heteroatoms. The van der Waals surface area contributed by atoms with Gasteiger partial charge in [-0.2, -0.15) is 0 Å². The van der Waals surface area contributed by atoms with Crippen LogP contribution in [0.5, 0.6) is 5.75 Å². The number of ether oxygens (including phenoxy) is 1. The quantitative estimate of drug-likeness (QED) is 0.701. The Morgan fingerprint density at radius 2 is 1.50 bits per heavy atom. The van der Waals surface area contributed by atoms with Crippen molar-refractivity contribution >= 4 is 34.0 Å². The van der Waals surface area contributed by atoms with Crippen molar-refractivity contribution in [2.45, 2.75) is 13.3 Å². The van der Waals surface area contributed by atoms with E-state index in [9.17, 15) is 9.59 Å². The standard InChI is InChI=1S/C21H20N2O3/c1-2-20(24)22-16-9-6-10-17(13-16)23-21(25)14-26-19-12-5-8-15-7-3-4-11-18(15)19/h3-13H,2,14H2,1H3,(H,22,24)(H,23,25). The van der Waals surface area contributed by atoms with Gasteiger partial charge >= 0.3 is 0 Å². The van der Waals surface area contributed by atoms with Crippen molar-refractivity contribution in [2.24, 2.45) is 0 Å². The Morgan fingerprint density at radius 3 is 2.27 bits per heavy atom. The maximum atomic E-state index is 12.2. The summed E-state index contributed by atoms with van der Waals surface area (Å²) in [7, 11) is 0. The molecule has 3 aromatic carbocycles. The minimum absolute atomic E-state index is 0.0761. The van der Waals surface area contributed by atoms with Crippen LogP contribution in [0, 0.1) is 0 Å². The fourth-order valence-electron chi connectivity index (χ4n) is 2.59. The molecule has 0 saturated heterocycles. The fourth-order valence-corrected chi connectivity index (χ4v) is 2.59. The van der Waals surface area contributed by atoms with Crippen molar-refractivity contribution in [3.8, 4) is 5.75 Å². The summed E-state index contributed by atoms with van der Waals surface area (Å²) in [4.78, 5) is 23.7. The molecule has 3 rings (SSSR count). The number of amides is 2. The molecule has 3 aromatic rings. The van der Waals surface area contributed by atoms with Gasteiger partial charge in [0, 0.05) is 23.2 Å².